The largest absolute Gasteiger partial charge is 0.454 e. The lowest BCUT2D eigenvalue weighted by atomic mass is 9.95. The number of likely N-dealkylation sites (tertiary alicyclic amines) is 1. The molecule has 2 atom stereocenters. The fourth-order valence-corrected chi connectivity index (χ4v) is 5.05. The lowest BCUT2D eigenvalue weighted by molar-refractivity contribution is 0.141. The van der Waals surface area contributed by atoms with Gasteiger partial charge in [0.25, 0.3) is 5.56 Å². The zero-order valence-electron chi connectivity index (χ0n) is 19.0. The average Bonchev–Trinajstić information content (AvgIpc) is 3.48. The van der Waals surface area contributed by atoms with Crippen LogP contribution in [0.2, 0.25) is 0 Å². The van der Waals surface area contributed by atoms with Crippen LogP contribution in [0, 0.1) is 5.92 Å². The second-order valence-corrected chi connectivity index (χ2v) is 9.17. The molecule has 0 amide bonds. The number of H-pyrrole nitrogens is 1. The SMILES string of the molecule is CC1CCCN(C(c2cc3cc4c(cc3[nH]c2=O)OCO4)c2nnnn2Cc2ccccc2)C1. The molecule has 0 spiro atoms. The van der Waals surface area contributed by atoms with Crippen LogP contribution in [0.4, 0.5) is 0 Å². The lowest BCUT2D eigenvalue weighted by Gasteiger charge is -2.36. The molecule has 1 fully saturated rings. The van der Waals surface area contributed by atoms with Gasteiger partial charge in [-0.3, -0.25) is 9.69 Å². The van der Waals surface area contributed by atoms with Gasteiger partial charge in [0.1, 0.15) is 6.04 Å². The quantitative estimate of drug-likeness (QED) is 0.491. The van der Waals surface area contributed by atoms with E-state index in [0.29, 0.717) is 40.9 Å². The zero-order valence-corrected chi connectivity index (χ0v) is 19.0. The van der Waals surface area contributed by atoms with Crippen LogP contribution >= 0.6 is 0 Å². The van der Waals surface area contributed by atoms with Gasteiger partial charge in [0, 0.05) is 23.6 Å². The third-order valence-corrected chi connectivity index (χ3v) is 6.69. The summed E-state index contributed by atoms with van der Waals surface area (Å²) in [6.45, 7) is 4.73. The summed E-state index contributed by atoms with van der Waals surface area (Å²) in [6, 6.07) is 15.4. The van der Waals surface area contributed by atoms with E-state index < -0.39 is 0 Å². The van der Waals surface area contributed by atoms with Crippen molar-refractivity contribution in [3.05, 3.63) is 75.8 Å². The molecule has 1 N–H and O–H groups in total. The number of aromatic amines is 1. The first-order chi connectivity index (χ1) is 16.7. The summed E-state index contributed by atoms with van der Waals surface area (Å²) in [7, 11) is 0. The fourth-order valence-electron chi connectivity index (χ4n) is 5.05. The predicted octanol–water partition coefficient (Wildman–Crippen LogP) is 3.11. The molecule has 0 aliphatic carbocycles. The van der Waals surface area contributed by atoms with Crippen molar-refractivity contribution < 1.29 is 9.47 Å². The van der Waals surface area contributed by atoms with Crippen molar-refractivity contribution in [1.29, 1.82) is 0 Å². The van der Waals surface area contributed by atoms with E-state index in [2.05, 4.69) is 44.5 Å². The summed E-state index contributed by atoms with van der Waals surface area (Å²) in [5.74, 6) is 2.53. The molecule has 2 aliphatic heterocycles. The fraction of sp³-hybridized carbons (Fsp3) is 0.360. The Morgan fingerprint density at radius 3 is 2.79 bits per heavy atom. The van der Waals surface area contributed by atoms with Crippen LogP contribution < -0.4 is 15.0 Å². The number of piperidine rings is 1. The minimum absolute atomic E-state index is 0.149. The zero-order chi connectivity index (χ0) is 23.1. The number of rotatable bonds is 5. The van der Waals surface area contributed by atoms with E-state index in [4.69, 9.17) is 9.47 Å². The minimum Gasteiger partial charge on any atom is -0.454 e. The highest BCUT2D eigenvalue weighted by Gasteiger charge is 2.33. The lowest BCUT2D eigenvalue weighted by Crippen LogP contribution is -2.41. The summed E-state index contributed by atoms with van der Waals surface area (Å²) in [5, 5.41) is 13.6. The molecule has 6 rings (SSSR count). The molecule has 4 aromatic rings. The Morgan fingerprint density at radius 2 is 1.97 bits per heavy atom. The molecular formula is C25H26N6O3. The molecule has 0 radical (unpaired) electrons. The van der Waals surface area contributed by atoms with Gasteiger partial charge >= 0.3 is 0 Å². The van der Waals surface area contributed by atoms with Crippen LogP contribution in [-0.2, 0) is 6.54 Å². The molecule has 9 heteroatoms. The summed E-state index contributed by atoms with van der Waals surface area (Å²) in [5.41, 5.74) is 2.29. The van der Waals surface area contributed by atoms with Gasteiger partial charge in [-0.1, -0.05) is 37.3 Å². The number of ether oxygens (including phenoxy) is 2. The highest BCUT2D eigenvalue weighted by atomic mass is 16.7. The van der Waals surface area contributed by atoms with Gasteiger partial charge in [-0.2, -0.15) is 0 Å². The third kappa shape index (κ3) is 3.81. The van der Waals surface area contributed by atoms with E-state index >= 15 is 0 Å². The van der Waals surface area contributed by atoms with Gasteiger partial charge < -0.3 is 14.5 Å². The molecule has 2 aromatic heterocycles. The highest BCUT2D eigenvalue weighted by molar-refractivity contribution is 5.83. The maximum atomic E-state index is 13.4. The van der Waals surface area contributed by atoms with Crippen LogP contribution in [0.1, 0.15) is 42.8 Å². The Labute approximate surface area is 196 Å². The normalized spacial score (nSPS) is 18.9. The molecule has 1 saturated heterocycles. The van der Waals surface area contributed by atoms with Gasteiger partial charge in [-0.25, -0.2) is 4.68 Å². The summed E-state index contributed by atoms with van der Waals surface area (Å²) in [4.78, 5) is 18.8. The first-order valence-electron chi connectivity index (χ1n) is 11.7. The molecule has 0 bridgehead atoms. The van der Waals surface area contributed by atoms with E-state index in [-0.39, 0.29) is 18.4 Å². The van der Waals surface area contributed by atoms with Gasteiger partial charge in [0.15, 0.2) is 17.3 Å². The molecule has 34 heavy (non-hydrogen) atoms. The van der Waals surface area contributed by atoms with E-state index in [1.165, 1.54) is 6.42 Å². The molecule has 2 aliphatic rings. The van der Waals surface area contributed by atoms with E-state index in [0.717, 1.165) is 30.5 Å². The van der Waals surface area contributed by atoms with Crippen molar-refractivity contribution in [3.63, 3.8) is 0 Å². The first kappa shape index (κ1) is 20.9. The Kier molecular flexibility index (Phi) is 5.26. The van der Waals surface area contributed by atoms with Crippen LogP contribution in [-0.4, -0.2) is 50.0 Å². The predicted molar refractivity (Wildman–Crippen MR) is 126 cm³/mol. The number of benzene rings is 2. The second-order valence-electron chi connectivity index (χ2n) is 9.17. The third-order valence-electron chi connectivity index (χ3n) is 6.69. The number of nitrogens with one attached hydrogen (secondary N) is 1. The summed E-state index contributed by atoms with van der Waals surface area (Å²) < 4.78 is 12.9. The minimum atomic E-state index is -0.361. The van der Waals surface area contributed by atoms with Crippen LogP contribution in [0.5, 0.6) is 11.5 Å². The van der Waals surface area contributed by atoms with Gasteiger partial charge in [-0.15, -0.1) is 5.10 Å². The van der Waals surface area contributed by atoms with Crippen molar-refractivity contribution >= 4 is 10.9 Å². The number of tetrazole rings is 1. The van der Waals surface area contributed by atoms with Crippen LogP contribution in [0.15, 0.2) is 53.3 Å². The molecule has 9 nitrogen and oxygen atoms in total. The van der Waals surface area contributed by atoms with E-state index in [1.807, 2.05) is 41.1 Å². The molecule has 2 unspecified atom stereocenters. The Balaban J connectivity index is 1.47. The number of nitrogens with zero attached hydrogens (tertiary/aromatic N) is 5. The molecular weight excluding hydrogens is 432 g/mol. The number of hydrogen-bond acceptors (Lipinski definition) is 7. The van der Waals surface area contributed by atoms with Crippen molar-refractivity contribution in [3.8, 4) is 11.5 Å². The number of aromatic nitrogens is 5. The molecule has 2 aromatic carbocycles. The van der Waals surface area contributed by atoms with E-state index in [1.54, 1.807) is 0 Å². The summed E-state index contributed by atoms with van der Waals surface area (Å²) in [6.07, 6.45) is 2.25. The topological polar surface area (TPSA) is 98.2 Å². The Bertz CT molecular complexity index is 1380. The van der Waals surface area contributed by atoms with Crippen molar-refractivity contribution in [2.24, 2.45) is 5.92 Å². The van der Waals surface area contributed by atoms with Gasteiger partial charge in [0.2, 0.25) is 6.79 Å². The Morgan fingerprint density at radius 1 is 1.15 bits per heavy atom. The number of hydrogen-bond donors (Lipinski definition) is 1. The number of fused-ring (bicyclic) bond motifs is 2. The maximum absolute atomic E-state index is 13.4. The smallest absolute Gasteiger partial charge is 0.253 e. The van der Waals surface area contributed by atoms with E-state index in [9.17, 15) is 4.79 Å². The van der Waals surface area contributed by atoms with Crippen molar-refractivity contribution in [1.82, 2.24) is 30.1 Å². The average molecular weight is 459 g/mol. The standard InChI is InChI=1S/C25H26N6O3/c1-16-6-5-9-30(13-16)23(24-27-28-29-31(24)14-17-7-3-2-4-8-17)19-10-18-11-21-22(34-15-33-21)12-20(18)26-25(19)32/h2-4,7-8,10-12,16,23H,5-6,9,13-15H2,1H3,(H,26,32). The van der Waals surface area contributed by atoms with Crippen molar-refractivity contribution in [2.45, 2.75) is 32.4 Å². The van der Waals surface area contributed by atoms with Crippen molar-refractivity contribution in [2.75, 3.05) is 19.9 Å². The first-order valence-corrected chi connectivity index (χ1v) is 11.7. The van der Waals surface area contributed by atoms with Crippen LogP contribution in [0.25, 0.3) is 10.9 Å². The summed E-state index contributed by atoms with van der Waals surface area (Å²) >= 11 is 0. The molecule has 4 heterocycles. The van der Waals surface area contributed by atoms with Gasteiger partial charge in [0.05, 0.1) is 12.1 Å². The second kappa shape index (κ2) is 8.57. The molecule has 0 saturated carbocycles. The van der Waals surface area contributed by atoms with Crippen LogP contribution in [0.3, 0.4) is 0 Å². The monoisotopic (exact) mass is 458 g/mol. The Hall–Kier alpha value is -3.72. The highest BCUT2D eigenvalue weighted by Crippen LogP contribution is 2.37. The maximum Gasteiger partial charge on any atom is 0.253 e. The number of pyridine rings is 1. The van der Waals surface area contributed by atoms with Gasteiger partial charge in [-0.05, 0) is 53.4 Å². The molecule has 174 valence electrons.